The van der Waals surface area contributed by atoms with E-state index in [-0.39, 0.29) is 22.7 Å². The van der Waals surface area contributed by atoms with Crippen molar-refractivity contribution in [2.24, 2.45) is 7.05 Å². The number of fused-ring (bicyclic) bond motifs is 1. The van der Waals surface area contributed by atoms with E-state index in [9.17, 15) is 14.4 Å². The lowest BCUT2D eigenvalue weighted by Crippen LogP contribution is -2.28. The fraction of sp³-hybridized carbons (Fsp3) is 0.200. The molecule has 0 radical (unpaired) electrons. The van der Waals surface area contributed by atoms with Crippen molar-refractivity contribution in [2.45, 2.75) is 38.1 Å². The summed E-state index contributed by atoms with van der Waals surface area (Å²) in [6.07, 6.45) is 0. The van der Waals surface area contributed by atoms with E-state index in [1.54, 1.807) is 42.3 Å². The lowest BCUT2D eigenvalue weighted by atomic mass is 10.1. The van der Waals surface area contributed by atoms with Crippen LogP contribution < -0.4 is 16.4 Å². The normalized spacial score (nSPS) is 12.0. The van der Waals surface area contributed by atoms with Gasteiger partial charge in [-0.15, -0.1) is 0 Å². The van der Waals surface area contributed by atoms with Crippen molar-refractivity contribution in [3.05, 3.63) is 110 Å². The monoisotopic (exact) mass is 539 g/mol. The quantitative estimate of drug-likeness (QED) is 0.244. The fourth-order valence-corrected chi connectivity index (χ4v) is 5.57. The smallest absolute Gasteiger partial charge is 0.295 e. The van der Waals surface area contributed by atoms with Crippen LogP contribution in [0.4, 0.5) is 5.69 Å². The Bertz CT molecular complexity index is 1820. The maximum absolute atomic E-state index is 13.6. The van der Waals surface area contributed by atoms with E-state index in [1.165, 1.54) is 16.4 Å². The lowest BCUT2D eigenvalue weighted by Gasteiger charge is -2.17. The van der Waals surface area contributed by atoms with Gasteiger partial charge in [-0.25, -0.2) is 9.67 Å². The number of amides is 1. The first-order valence-electron chi connectivity index (χ1n) is 12.6. The van der Waals surface area contributed by atoms with Crippen LogP contribution in [0.1, 0.15) is 23.7 Å². The zero-order chi connectivity index (χ0) is 27.8. The summed E-state index contributed by atoms with van der Waals surface area (Å²) in [6.45, 7) is 7.48. The molecule has 0 aliphatic carbocycles. The van der Waals surface area contributed by atoms with Gasteiger partial charge in [-0.1, -0.05) is 48.2 Å². The highest BCUT2D eigenvalue weighted by atomic mass is 32.2. The maximum Gasteiger partial charge on any atom is 0.295 e. The first-order valence-corrected chi connectivity index (χ1v) is 13.5. The lowest BCUT2D eigenvalue weighted by molar-refractivity contribution is -0.115. The number of aromatic nitrogens is 4. The molecule has 1 atom stereocenters. The van der Waals surface area contributed by atoms with Crippen molar-refractivity contribution >= 4 is 34.3 Å². The number of aryl methyl sites for hydroxylation is 2. The van der Waals surface area contributed by atoms with E-state index < -0.39 is 5.25 Å². The van der Waals surface area contributed by atoms with Gasteiger partial charge in [0.25, 0.3) is 11.1 Å². The molecule has 8 nitrogen and oxygen atoms in total. The summed E-state index contributed by atoms with van der Waals surface area (Å²) in [5, 5.41) is 3.08. The van der Waals surface area contributed by atoms with Gasteiger partial charge in [-0.05, 0) is 75.2 Å². The van der Waals surface area contributed by atoms with E-state index in [1.807, 2.05) is 74.5 Å². The van der Waals surface area contributed by atoms with Crippen molar-refractivity contribution in [1.29, 1.82) is 0 Å². The molecule has 0 spiro atoms. The van der Waals surface area contributed by atoms with E-state index in [0.717, 1.165) is 11.1 Å². The molecule has 1 N–H and O–H groups in total. The molecule has 39 heavy (non-hydrogen) atoms. The molecule has 198 valence electrons. The summed E-state index contributed by atoms with van der Waals surface area (Å²) in [5.74, 6) is -0.361. The van der Waals surface area contributed by atoms with Crippen molar-refractivity contribution in [2.75, 3.05) is 5.32 Å². The third-order valence-corrected chi connectivity index (χ3v) is 7.72. The number of anilines is 1. The SMILES string of the molecule is Cc1cc(C)cc(-n2c(SC(C)C(=O)Nc3c(C)n(C)n(-c4ccccc4)c3=O)nc3ccccc3c2=O)c1. The molecule has 0 fully saturated rings. The van der Waals surface area contributed by atoms with Gasteiger partial charge in [0.1, 0.15) is 5.69 Å². The van der Waals surface area contributed by atoms with Gasteiger partial charge >= 0.3 is 0 Å². The molecule has 9 heteroatoms. The van der Waals surface area contributed by atoms with Crippen LogP contribution in [0, 0.1) is 20.8 Å². The number of nitrogens with one attached hydrogen (secondary N) is 1. The summed E-state index contributed by atoms with van der Waals surface area (Å²) in [5.41, 5.74) is 4.31. The second-order valence-electron chi connectivity index (χ2n) is 9.58. The molecule has 0 bridgehead atoms. The second kappa shape index (κ2) is 10.4. The number of para-hydroxylation sites is 2. The maximum atomic E-state index is 13.6. The van der Waals surface area contributed by atoms with E-state index in [0.29, 0.717) is 33.1 Å². The molecule has 0 aliphatic heterocycles. The van der Waals surface area contributed by atoms with Crippen LogP contribution in [0.2, 0.25) is 0 Å². The van der Waals surface area contributed by atoms with Gasteiger partial charge in [0.2, 0.25) is 5.91 Å². The zero-order valence-corrected chi connectivity index (χ0v) is 23.2. The Morgan fingerprint density at radius 3 is 2.21 bits per heavy atom. The minimum absolute atomic E-state index is 0.203. The van der Waals surface area contributed by atoms with Crippen LogP contribution in [0.15, 0.2) is 87.5 Å². The molecule has 2 heterocycles. The van der Waals surface area contributed by atoms with Crippen LogP contribution in [0.25, 0.3) is 22.3 Å². The Morgan fingerprint density at radius 1 is 0.872 bits per heavy atom. The van der Waals surface area contributed by atoms with Crippen molar-refractivity contribution in [3.63, 3.8) is 0 Å². The summed E-state index contributed by atoms with van der Waals surface area (Å²) in [4.78, 5) is 45.1. The molecule has 1 amide bonds. The Kier molecular flexibility index (Phi) is 7.01. The van der Waals surface area contributed by atoms with Gasteiger partial charge in [0.15, 0.2) is 5.16 Å². The van der Waals surface area contributed by atoms with Crippen LogP contribution in [0.5, 0.6) is 0 Å². The third-order valence-electron chi connectivity index (χ3n) is 6.66. The summed E-state index contributed by atoms with van der Waals surface area (Å²) >= 11 is 1.18. The van der Waals surface area contributed by atoms with E-state index >= 15 is 0 Å². The number of thioether (sulfide) groups is 1. The van der Waals surface area contributed by atoms with Gasteiger partial charge in [-0.3, -0.25) is 23.6 Å². The molecule has 1 unspecified atom stereocenters. The van der Waals surface area contributed by atoms with Crippen molar-refractivity contribution < 1.29 is 4.79 Å². The van der Waals surface area contributed by atoms with E-state index in [4.69, 9.17) is 4.98 Å². The van der Waals surface area contributed by atoms with Gasteiger partial charge in [0.05, 0.1) is 33.2 Å². The number of hydrogen-bond donors (Lipinski definition) is 1. The third kappa shape index (κ3) is 4.93. The number of hydrogen-bond acceptors (Lipinski definition) is 5. The van der Waals surface area contributed by atoms with E-state index in [2.05, 4.69) is 5.32 Å². The minimum Gasteiger partial charge on any atom is -0.319 e. The number of benzene rings is 3. The van der Waals surface area contributed by atoms with Gasteiger partial charge in [0, 0.05) is 7.05 Å². The molecule has 0 aliphatic rings. The standard InChI is InChI=1S/C30H29N5O3S/c1-18-15-19(2)17-23(16-18)34-28(37)24-13-9-10-14-25(24)31-30(34)39-21(4)27(36)32-26-20(3)33(5)35(29(26)38)22-11-7-6-8-12-22/h6-17,21H,1-5H3,(H,32,36). The first-order chi connectivity index (χ1) is 18.7. The first kappa shape index (κ1) is 26.2. The summed E-state index contributed by atoms with van der Waals surface area (Å²) in [7, 11) is 1.78. The predicted octanol–water partition coefficient (Wildman–Crippen LogP) is 4.92. The van der Waals surface area contributed by atoms with Crippen molar-refractivity contribution in [3.8, 4) is 11.4 Å². The number of nitrogens with zero attached hydrogens (tertiary/aromatic N) is 4. The molecule has 0 saturated heterocycles. The topological polar surface area (TPSA) is 90.9 Å². The predicted molar refractivity (Wildman–Crippen MR) is 157 cm³/mol. The van der Waals surface area contributed by atoms with Crippen molar-refractivity contribution in [1.82, 2.24) is 18.9 Å². The van der Waals surface area contributed by atoms with Crippen LogP contribution in [0.3, 0.4) is 0 Å². The molecule has 3 aromatic carbocycles. The molecular weight excluding hydrogens is 510 g/mol. The minimum atomic E-state index is -0.653. The Morgan fingerprint density at radius 2 is 1.51 bits per heavy atom. The average Bonchev–Trinajstić information content (AvgIpc) is 3.11. The number of carbonyl (C=O) groups is 1. The van der Waals surface area contributed by atoms with Gasteiger partial charge in [-0.2, -0.15) is 0 Å². The molecule has 0 saturated carbocycles. The Balaban J connectivity index is 1.51. The molecular formula is C30H29N5O3S. The number of carbonyl (C=O) groups excluding carboxylic acids is 1. The average molecular weight is 540 g/mol. The highest BCUT2D eigenvalue weighted by Crippen LogP contribution is 2.27. The molecule has 5 aromatic rings. The Labute approximate surface area is 229 Å². The zero-order valence-electron chi connectivity index (χ0n) is 22.4. The highest BCUT2D eigenvalue weighted by molar-refractivity contribution is 8.00. The largest absolute Gasteiger partial charge is 0.319 e. The number of rotatable bonds is 6. The summed E-state index contributed by atoms with van der Waals surface area (Å²) < 4.78 is 4.80. The highest BCUT2D eigenvalue weighted by Gasteiger charge is 2.24. The fourth-order valence-electron chi connectivity index (χ4n) is 4.65. The molecule has 2 aromatic heterocycles. The van der Waals surface area contributed by atoms with Crippen LogP contribution in [-0.4, -0.2) is 30.1 Å². The Hall–Kier alpha value is -4.37. The second-order valence-corrected chi connectivity index (χ2v) is 10.9. The summed E-state index contributed by atoms with van der Waals surface area (Å²) in [6, 6.07) is 22.3. The van der Waals surface area contributed by atoms with Gasteiger partial charge < -0.3 is 5.32 Å². The van der Waals surface area contributed by atoms with Crippen LogP contribution >= 0.6 is 11.8 Å². The van der Waals surface area contributed by atoms with Crippen LogP contribution in [-0.2, 0) is 11.8 Å². The molecule has 5 rings (SSSR count).